The summed E-state index contributed by atoms with van der Waals surface area (Å²) < 4.78 is 5.95. The molecule has 3 rings (SSSR count). The second kappa shape index (κ2) is 7.75. The van der Waals surface area contributed by atoms with Gasteiger partial charge in [0.05, 0.1) is 12.2 Å². The molecule has 0 bridgehead atoms. The summed E-state index contributed by atoms with van der Waals surface area (Å²) in [6, 6.07) is 9.57. The van der Waals surface area contributed by atoms with Crippen molar-refractivity contribution >= 4 is 0 Å². The zero-order chi connectivity index (χ0) is 16.2. The van der Waals surface area contributed by atoms with Crippen LogP contribution < -0.4 is 5.32 Å². The van der Waals surface area contributed by atoms with Crippen LogP contribution in [0, 0.1) is 6.92 Å². The van der Waals surface area contributed by atoms with Crippen LogP contribution in [0.25, 0.3) is 0 Å². The van der Waals surface area contributed by atoms with Crippen LogP contribution >= 0.6 is 0 Å². The number of benzene rings is 1. The largest absolute Gasteiger partial charge is 0.373 e. The highest BCUT2D eigenvalue weighted by molar-refractivity contribution is 5.24. The summed E-state index contributed by atoms with van der Waals surface area (Å²) in [6.07, 6.45) is 0.629. The summed E-state index contributed by atoms with van der Waals surface area (Å²) in [6.45, 7) is 14.2. The van der Waals surface area contributed by atoms with Crippen LogP contribution in [-0.4, -0.2) is 67.8 Å². The Morgan fingerprint density at radius 3 is 2.30 bits per heavy atom. The molecule has 4 nitrogen and oxygen atoms in total. The third-order valence-electron chi connectivity index (χ3n) is 4.99. The van der Waals surface area contributed by atoms with Crippen LogP contribution in [0.1, 0.15) is 31.0 Å². The molecule has 128 valence electrons. The number of ether oxygens (including phenoxy) is 1. The van der Waals surface area contributed by atoms with Gasteiger partial charge in [0.15, 0.2) is 0 Å². The fraction of sp³-hybridized carbons (Fsp3) is 0.684. The number of aryl methyl sites for hydroxylation is 1. The summed E-state index contributed by atoms with van der Waals surface area (Å²) >= 11 is 0. The third-order valence-corrected chi connectivity index (χ3v) is 4.99. The van der Waals surface area contributed by atoms with Crippen molar-refractivity contribution in [3.63, 3.8) is 0 Å². The summed E-state index contributed by atoms with van der Waals surface area (Å²) in [7, 11) is 0. The van der Waals surface area contributed by atoms with E-state index >= 15 is 0 Å². The highest BCUT2D eigenvalue weighted by Crippen LogP contribution is 2.26. The SMILES string of the molecule is Cc1ccc(C(CN2CCNCC2)N2CC(C)OC(C)C2)cc1. The van der Waals surface area contributed by atoms with Gasteiger partial charge in [0.1, 0.15) is 0 Å². The number of piperazine rings is 1. The molecule has 23 heavy (non-hydrogen) atoms. The smallest absolute Gasteiger partial charge is 0.0678 e. The lowest BCUT2D eigenvalue weighted by molar-refractivity contribution is -0.0843. The van der Waals surface area contributed by atoms with Crippen molar-refractivity contribution in [3.05, 3.63) is 35.4 Å². The number of hydrogen-bond acceptors (Lipinski definition) is 4. The van der Waals surface area contributed by atoms with Crippen molar-refractivity contribution < 1.29 is 4.74 Å². The molecule has 0 spiro atoms. The normalized spacial score (nSPS) is 28.7. The molecule has 0 radical (unpaired) electrons. The van der Waals surface area contributed by atoms with E-state index in [0.717, 1.165) is 45.8 Å². The Balaban J connectivity index is 1.78. The van der Waals surface area contributed by atoms with Gasteiger partial charge in [0, 0.05) is 51.9 Å². The lowest BCUT2D eigenvalue weighted by Gasteiger charge is -2.42. The van der Waals surface area contributed by atoms with E-state index in [0.29, 0.717) is 18.2 Å². The Hall–Kier alpha value is -0.940. The highest BCUT2D eigenvalue weighted by Gasteiger charge is 2.30. The van der Waals surface area contributed by atoms with Crippen molar-refractivity contribution in [1.29, 1.82) is 0 Å². The fourth-order valence-corrected chi connectivity index (χ4v) is 3.83. The predicted octanol–water partition coefficient (Wildman–Crippen LogP) is 2.05. The number of nitrogens with zero attached hydrogens (tertiary/aromatic N) is 2. The van der Waals surface area contributed by atoms with E-state index in [1.807, 2.05) is 0 Å². The molecule has 2 heterocycles. The molecule has 3 unspecified atom stereocenters. The highest BCUT2D eigenvalue weighted by atomic mass is 16.5. The Morgan fingerprint density at radius 1 is 1.09 bits per heavy atom. The lowest BCUT2D eigenvalue weighted by Crippen LogP contribution is -2.51. The first kappa shape index (κ1) is 16.9. The van der Waals surface area contributed by atoms with Crippen molar-refractivity contribution in [3.8, 4) is 0 Å². The quantitative estimate of drug-likeness (QED) is 0.920. The molecule has 4 heteroatoms. The molecule has 0 aromatic heterocycles. The van der Waals surface area contributed by atoms with E-state index in [1.54, 1.807) is 0 Å². The first-order valence-corrected chi connectivity index (χ1v) is 9.01. The molecule has 1 N–H and O–H groups in total. The van der Waals surface area contributed by atoms with Crippen LogP contribution in [0.2, 0.25) is 0 Å². The average molecular weight is 317 g/mol. The van der Waals surface area contributed by atoms with Crippen LogP contribution in [0.15, 0.2) is 24.3 Å². The van der Waals surface area contributed by atoms with E-state index in [4.69, 9.17) is 4.74 Å². The molecule has 2 aliphatic heterocycles. The number of hydrogen-bond donors (Lipinski definition) is 1. The van der Waals surface area contributed by atoms with E-state index in [-0.39, 0.29) is 0 Å². The minimum absolute atomic E-state index is 0.315. The first-order valence-electron chi connectivity index (χ1n) is 9.01. The van der Waals surface area contributed by atoms with Crippen LogP contribution in [-0.2, 0) is 4.74 Å². The average Bonchev–Trinajstić information content (AvgIpc) is 2.54. The topological polar surface area (TPSA) is 27.7 Å². The monoisotopic (exact) mass is 317 g/mol. The van der Waals surface area contributed by atoms with Gasteiger partial charge in [-0.25, -0.2) is 0 Å². The Morgan fingerprint density at radius 2 is 1.70 bits per heavy atom. The molecule has 1 aromatic rings. The molecule has 2 saturated heterocycles. The number of nitrogens with one attached hydrogen (secondary N) is 1. The van der Waals surface area contributed by atoms with Crippen LogP contribution in [0.5, 0.6) is 0 Å². The van der Waals surface area contributed by atoms with E-state index in [2.05, 4.69) is 60.2 Å². The zero-order valence-corrected chi connectivity index (χ0v) is 14.8. The van der Waals surface area contributed by atoms with Crippen LogP contribution in [0.4, 0.5) is 0 Å². The molecule has 2 fully saturated rings. The standard InChI is InChI=1S/C19H31N3O/c1-15-4-6-18(7-5-15)19(14-21-10-8-20-9-11-21)22-12-16(2)23-17(3)13-22/h4-7,16-17,19-20H,8-14H2,1-3H3. The van der Waals surface area contributed by atoms with Gasteiger partial charge in [0.25, 0.3) is 0 Å². The molecule has 2 aliphatic rings. The second-order valence-electron chi connectivity index (χ2n) is 7.19. The first-order chi connectivity index (χ1) is 11.1. The van der Waals surface area contributed by atoms with Gasteiger partial charge in [0.2, 0.25) is 0 Å². The molecule has 0 saturated carbocycles. The second-order valence-corrected chi connectivity index (χ2v) is 7.19. The van der Waals surface area contributed by atoms with E-state index in [9.17, 15) is 0 Å². The molecule has 0 aliphatic carbocycles. The summed E-state index contributed by atoms with van der Waals surface area (Å²) in [5.74, 6) is 0. The lowest BCUT2D eigenvalue weighted by atomic mass is 10.0. The van der Waals surface area contributed by atoms with Crippen molar-refractivity contribution in [1.82, 2.24) is 15.1 Å². The number of morpholine rings is 1. The maximum absolute atomic E-state index is 5.95. The van der Waals surface area contributed by atoms with Gasteiger partial charge < -0.3 is 10.1 Å². The summed E-state index contributed by atoms with van der Waals surface area (Å²) in [5, 5.41) is 3.45. The van der Waals surface area contributed by atoms with Crippen LogP contribution in [0.3, 0.4) is 0 Å². The summed E-state index contributed by atoms with van der Waals surface area (Å²) in [4.78, 5) is 5.23. The molecular weight excluding hydrogens is 286 g/mol. The third kappa shape index (κ3) is 4.54. The predicted molar refractivity (Wildman–Crippen MR) is 94.8 cm³/mol. The maximum Gasteiger partial charge on any atom is 0.0678 e. The maximum atomic E-state index is 5.95. The molecule has 3 atom stereocenters. The van der Waals surface area contributed by atoms with Crippen molar-refractivity contribution in [2.24, 2.45) is 0 Å². The van der Waals surface area contributed by atoms with Gasteiger partial charge in [-0.3, -0.25) is 9.80 Å². The number of rotatable bonds is 4. The van der Waals surface area contributed by atoms with Gasteiger partial charge in [-0.15, -0.1) is 0 Å². The summed E-state index contributed by atoms with van der Waals surface area (Å²) in [5.41, 5.74) is 2.77. The minimum atomic E-state index is 0.315. The van der Waals surface area contributed by atoms with Gasteiger partial charge in [-0.2, -0.15) is 0 Å². The fourth-order valence-electron chi connectivity index (χ4n) is 3.83. The van der Waals surface area contributed by atoms with Crippen molar-refractivity contribution in [2.75, 3.05) is 45.8 Å². The van der Waals surface area contributed by atoms with Crippen molar-refractivity contribution in [2.45, 2.75) is 39.0 Å². The molecular formula is C19H31N3O. The van der Waals surface area contributed by atoms with E-state index < -0.39 is 0 Å². The minimum Gasteiger partial charge on any atom is -0.373 e. The molecule has 1 aromatic carbocycles. The molecule has 0 amide bonds. The Kier molecular flexibility index (Phi) is 5.70. The van der Waals surface area contributed by atoms with E-state index in [1.165, 1.54) is 11.1 Å². The Bertz CT molecular complexity index is 474. The Labute approximate surface area is 140 Å². The zero-order valence-electron chi connectivity index (χ0n) is 14.8. The van der Waals surface area contributed by atoms with Gasteiger partial charge in [-0.1, -0.05) is 29.8 Å². The van der Waals surface area contributed by atoms with Gasteiger partial charge in [-0.05, 0) is 26.3 Å². The van der Waals surface area contributed by atoms with Gasteiger partial charge >= 0.3 is 0 Å².